The fourth-order valence-corrected chi connectivity index (χ4v) is 8.12. The molecule has 0 unspecified atom stereocenters. The van der Waals surface area contributed by atoms with Crippen molar-refractivity contribution in [3.8, 4) is 61.8 Å². The van der Waals surface area contributed by atoms with E-state index in [9.17, 15) is 0 Å². The van der Waals surface area contributed by atoms with Gasteiger partial charge in [0.2, 0.25) is 0 Å². The van der Waals surface area contributed by atoms with Crippen molar-refractivity contribution < 1.29 is 4.42 Å². The van der Waals surface area contributed by atoms with Crippen LogP contribution in [0.4, 0.5) is 0 Å². The molecule has 0 radical (unpaired) electrons. The number of fused-ring (bicyclic) bond motifs is 6. The maximum absolute atomic E-state index is 6.22. The summed E-state index contributed by atoms with van der Waals surface area (Å²) >= 11 is 0. The Labute approximate surface area is 323 Å². The van der Waals surface area contributed by atoms with Crippen molar-refractivity contribution in [2.24, 2.45) is 0 Å². The number of hydrogen-bond donors (Lipinski definition) is 0. The molecule has 0 fully saturated rings. The average molecular weight is 716 g/mol. The van der Waals surface area contributed by atoms with E-state index in [1.54, 1.807) is 0 Å². The van der Waals surface area contributed by atoms with E-state index in [0.717, 1.165) is 78.0 Å². The second-order valence-corrected chi connectivity index (χ2v) is 14.2. The molecule has 0 atom stereocenters. The van der Waals surface area contributed by atoms with E-state index in [1.807, 2.05) is 48.5 Å². The maximum atomic E-state index is 6.22. The predicted molar refractivity (Wildman–Crippen MR) is 231 cm³/mol. The summed E-state index contributed by atoms with van der Waals surface area (Å²) in [6, 6.07) is 70.3. The molecule has 11 rings (SSSR count). The lowest BCUT2D eigenvalue weighted by atomic mass is 10.00. The zero-order chi connectivity index (χ0) is 37.0. The minimum Gasteiger partial charge on any atom is -0.456 e. The first-order valence-corrected chi connectivity index (χ1v) is 18.9. The molecule has 0 aliphatic carbocycles. The Morgan fingerprint density at radius 2 is 0.929 bits per heavy atom. The van der Waals surface area contributed by atoms with Gasteiger partial charge in [-0.1, -0.05) is 158 Å². The first-order chi connectivity index (χ1) is 27.7. The molecule has 4 nitrogen and oxygen atoms in total. The monoisotopic (exact) mass is 715 g/mol. The molecule has 0 saturated carbocycles. The van der Waals surface area contributed by atoms with E-state index in [4.69, 9.17) is 14.4 Å². The average Bonchev–Trinajstić information content (AvgIpc) is 3.82. The van der Waals surface area contributed by atoms with Gasteiger partial charge in [0, 0.05) is 49.5 Å². The number of hydrogen-bond acceptors (Lipinski definition) is 3. The van der Waals surface area contributed by atoms with E-state index in [-0.39, 0.29) is 0 Å². The topological polar surface area (TPSA) is 43.9 Å². The lowest BCUT2D eigenvalue weighted by Crippen LogP contribution is -1.97. The number of aromatic nitrogens is 3. The quantitative estimate of drug-likeness (QED) is 0.172. The molecule has 0 bridgehead atoms. The van der Waals surface area contributed by atoms with E-state index in [2.05, 4.69) is 156 Å². The van der Waals surface area contributed by atoms with Gasteiger partial charge < -0.3 is 8.98 Å². The summed E-state index contributed by atoms with van der Waals surface area (Å²) < 4.78 is 8.62. The zero-order valence-corrected chi connectivity index (χ0v) is 30.3. The second kappa shape index (κ2) is 13.1. The summed E-state index contributed by atoms with van der Waals surface area (Å²) in [5.74, 6) is 0.698. The van der Waals surface area contributed by atoms with Crippen LogP contribution >= 0.6 is 0 Å². The molecule has 0 N–H and O–H groups in total. The van der Waals surface area contributed by atoms with Crippen LogP contribution in [-0.2, 0) is 0 Å². The van der Waals surface area contributed by atoms with Crippen LogP contribution in [0, 0.1) is 0 Å². The third-order valence-electron chi connectivity index (χ3n) is 10.9. The smallest absolute Gasteiger partial charge is 0.160 e. The van der Waals surface area contributed by atoms with Gasteiger partial charge in [-0.2, -0.15) is 0 Å². The first-order valence-electron chi connectivity index (χ1n) is 18.9. The largest absolute Gasteiger partial charge is 0.456 e. The van der Waals surface area contributed by atoms with Crippen LogP contribution in [0.5, 0.6) is 0 Å². The molecular weight excluding hydrogens is 683 g/mol. The van der Waals surface area contributed by atoms with Crippen molar-refractivity contribution in [1.29, 1.82) is 0 Å². The van der Waals surface area contributed by atoms with E-state index >= 15 is 0 Å². The molecule has 4 heteroatoms. The molecule has 0 spiro atoms. The molecule has 11 aromatic rings. The van der Waals surface area contributed by atoms with Crippen molar-refractivity contribution in [3.63, 3.8) is 0 Å². The van der Waals surface area contributed by atoms with Gasteiger partial charge in [-0.25, -0.2) is 9.97 Å². The van der Waals surface area contributed by atoms with Crippen molar-refractivity contribution in [2.45, 2.75) is 0 Å². The SMILES string of the molecule is c1ccc(-c2cc(-c3ccccc3)nc(-c3ccc(-c4cccc5c6ccccc6n(-c6ccc(-c7ccc8c(c7)oc7ccccc78)cc6)c45)cc3)n2)cc1. The van der Waals surface area contributed by atoms with Gasteiger partial charge >= 0.3 is 0 Å². The minimum atomic E-state index is 0.698. The van der Waals surface area contributed by atoms with Crippen LogP contribution < -0.4 is 0 Å². The number of rotatable bonds is 6. The summed E-state index contributed by atoms with van der Waals surface area (Å²) in [4.78, 5) is 10.1. The Kier molecular flexibility index (Phi) is 7.46. The third-order valence-corrected chi connectivity index (χ3v) is 10.9. The van der Waals surface area contributed by atoms with Gasteiger partial charge in [0.15, 0.2) is 5.82 Å². The van der Waals surface area contributed by atoms with Gasteiger partial charge in [0.1, 0.15) is 11.2 Å². The lowest BCUT2D eigenvalue weighted by molar-refractivity contribution is 0.669. The summed E-state index contributed by atoms with van der Waals surface area (Å²) in [5, 5.41) is 4.72. The highest BCUT2D eigenvalue weighted by atomic mass is 16.3. The van der Waals surface area contributed by atoms with E-state index in [0.29, 0.717) is 5.82 Å². The molecule has 0 saturated heterocycles. The summed E-state index contributed by atoms with van der Waals surface area (Å²) in [6.07, 6.45) is 0. The van der Waals surface area contributed by atoms with E-state index < -0.39 is 0 Å². The Hall–Kier alpha value is -7.56. The number of furan rings is 1. The van der Waals surface area contributed by atoms with Gasteiger partial charge in [0.25, 0.3) is 0 Å². The molecule has 3 heterocycles. The molecule has 3 aromatic heterocycles. The normalized spacial score (nSPS) is 11.6. The van der Waals surface area contributed by atoms with E-state index in [1.165, 1.54) is 21.8 Å². The van der Waals surface area contributed by atoms with Crippen LogP contribution in [0.15, 0.2) is 205 Å². The second-order valence-electron chi connectivity index (χ2n) is 14.2. The van der Waals surface area contributed by atoms with Crippen LogP contribution in [-0.4, -0.2) is 14.5 Å². The van der Waals surface area contributed by atoms with Crippen LogP contribution in [0.25, 0.3) is 106 Å². The van der Waals surface area contributed by atoms with Gasteiger partial charge in [-0.15, -0.1) is 0 Å². The molecule has 0 aliphatic heterocycles. The minimum absolute atomic E-state index is 0.698. The maximum Gasteiger partial charge on any atom is 0.160 e. The Morgan fingerprint density at radius 1 is 0.357 bits per heavy atom. The Bertz CT molecular complexity index is 3160. The van der Waals surface area contributed by atoms with Crippen LogP contribution in [0.3, 0.4) is 0 Å². The van der Waals surface area contributed by atoms with Crippen molar-refractivity contribution in [3.05, 3.63) is 200 Å². The fraction of sp³-hybridized carbons (Fsp3) is 0. The Balaban J connectivity index is 1.00. The predicted octanol–water partition coefficient (Wildman–Crippen LogP) is 13.8. The lowest BCUT2D eigenvalue weighted by Gasteiger charge is -2.13. The highest BCUT2D eigenvalue weighted by Gasteiger charge is 2.18. The van der Waals surface area contributed by atoms with Crippen molar-refractivity contribution >= 4 is 43.7 Å². The zero-order valence-electron chi connectivity index (χ0n) is 30.3. The van der Waals surface area contributed by atoms with Crippen molar-refractivity contribution in [2.75, 3.05) is 0 Å². The molecule has 0 aliphatic rings. The summed E-state index contributed by atoms with van der Waals surface area (Å²) in [7, 11) is 0. The molecular formula is C52H33N3O. The van der Waals surface area contributed by atoms with Crippen LogP contribution in [0.1, 0.15) is 0 Å². The molecule has 8 aromatic carbocycles. The summed E-state index contributed by atoms with van der Waals surface area (Å²) in [6.45, 7) is 0. The van der Waals surface area contributed by atoms with Gasteiger partial charge in [-0.3, -0.25) is 0 Å². The van der Waals surface area contributed by atoms with Gasteiger partial charge in [-0.05, 0) is 59.2 Å². The number of para-hydroxylation sites is 3. The molecule has 0 amide bonds. The molecule has 262 valence electrons. The summed E-state index contributed by atoms with van der Waals surface area (Å²) in [5.41, 5.74) is 14.7. The number of nitrogens with zero attached hydrogens (tertiary/aromatic N) is 3. The first kappa shape index (κ1) is 31.9. The van der Waals surface area contributed by atoms with Crippen molar-refractivity contribution in [1.82, 2.24) is 14.5 Å². The third kappa shape index (κ3) is 5.39. The highest BCUT2D eigenvalue weighted by Crippen LogP contribution is 2.39. The number of benzene rings is 8. The van der Waals surface area contributed by atoms with Gasteiger partial charge in [0.05, 0.1) is 22.4 Å². The fourth-order valence-electron chi connectivity index (χ4n) is 8.12. The molecule has 56 heavy (non-hydrogen) atoms. The standard InChI is InChI=1S/C52H33N3O/c1-3-12-36(13-4-1)46-33-47(37-14-5-2-6-15-37)54-52(53-46)38-24-22-35(23-25-38)41-18-11-19-45-42-16-7-9-20-48(42)55(51(41)45)40-29-26-34(27-30-40)39-28-31-44-43-17-8-10-21-49(43)56-50(44)32-39/h1-33H. The highest BCUT2D eigenvalue weighted by molar-refractivity contribution is 6.14. The Morgan fingerprint density at radius 3 is 1.66 bits per heavy atom. The van der Waals surface area contributed by atoms with Crippen LogP contribution in [0.2, 0.25) is 0 Å².